The maximum Gasteiger partial charge on any atom is 0.408 e. The lowest BCUT2D eigenvalue weighted by molar-refractivity contribution is -0.141. The number of benzene rings is 1. The SMILES string of the molecule is CC(C)[C@H](NC(=O)OC(C)(C)C)C(=O)N(CC(=O)N[C@@H](C)C(=O)O)c1ccccc1. The lowest BCUT2D eigenvalue weighted by atomic mass is 10.0. The molecule has 9 heteroatoms. The van der Waals surface area contributed by atoms with Crippen LogP contribution in [-0.2, 0) is 19.1 Å². The molecule has 2 atom stereocenters. The monoisotopic (exact) mass is 421 g/mol. The van der Waals surface area contributed by atoms with Crippen molar-refractivity contribution in [2.45, 2.75) is 59.2 Å². The van der Waals surface area contributed by atoms with Gasteiger partial charge in [0.1, 0.15) is 24.2 Å². The van der Waals surface area contributed by atoms with Crippen molar-refractivity contribution in [1.82, 2.24) is 10.6 Å². The number of aliphatic carboxylic acids is 1. The molecule has 166 valence electrons. The molecule has 0 fully saturated rings. The summed E-state index contributed by atoms with van der Waals surface area (Å²) in [6.45, 7) is 9.58. The lowest BCUT2D eigenvalue weighted by Crippen LogP contribution is -2.55. The molecular weight excluding hydrogens is 390 g/mol. The minimum Gasteiger partial charge on any atom is -0.480 e. The first-order valence-corrected chi connectivity index (χ1v) is 9.70. The van der Waals surface area contributed by atoms with Gasteiger partial charge in [-0.15, -0.1) is 0 Å². The van der Waals surface area contributed by atoms with E-state index in [1.54, 1.807) is 65.0 Å². The van der Waals surface area contributed by atoms with Crippen LogP contribution in [0.15, 0.2) is 30.3 Å². The highest BCUT2D eigenvalue weighted by Gasteiger charge is 2.32. The van der Waals surface area contributed by atoms with Gasteiger partial charge in [-0.2, -0.15) is 0 Å². The molecule has 1 aromatic carbocycles. The Hall–Kier alpha value is -3.10. The predicted molar refractivity (Wildman–Crippen MR) is 112 cm³/mol. The fourth-order valence-electron chi connectivity index (χ4n) is 2.51. The molecule has 0 aliphatic carbocycles. The van der Waals surface area contributed by atoms with E-state index < -0.39 is 48.1 Å². The molecule has 0 aromatic heterocycles. The number of carboxylic acids is 1. The number of para-hydroxylation sites is 1. The molecule has 9 nitrogen and oxygen atoms in total. The van der Waals surface area contributed by atoms with Crippen LogP contribution in [0.1, 0.15) is 41.5 Å². The lowest BCUT2D eigenvalue weighted by Gasteiger charge is -2.30. The molecule has 30 heavy (non-hydrogen) atoms. The number of anilines is 1. The molecule has 0 radical (unpaired) electrons. The van der Waals surface area contributed by atoms with Crippen LogP contribution in [0.2, 0.25) is 0 Å². The number of rotatable bonds is 8. The number of carbonyl (C=O) groups excluding carboxylic acids is 3. The average Bonchev–Trinajstić information content (AvgIpc) is 2.62. The minimum absolute atomic E-state index is 0.294. The van der Waals surface area contributed by atoms with Crippen molar-refractivity contribution in [2.75, 3.05) is 11.4 Å². The molecule has 0 saturated carbocycles. The minimum atomic E-state index is -1.19. The summed E-state index contributed by atoms with van der Waals surface area (Å²) >= 11 is 0. The highest BCUT2D eigenvalue weighted by Crippen LogP contribution is 2.17. The molecule has 3 amide bonds. The zero-order valence-electron chi connectivity index (χ0n) is 18.3. The van der Waals surface area contributed by atoms with E-state index in [4.69, 9.17) is 9.84 Å². The largest absolute Gasteiger partial charge is 0.480 e. The van der Waals surface area contributed by atoms with Gasteiger partial charge in [-0.3, -0.25) is 14.4 Å². The number of amides is 3. The number of alkyl carbamates (subject to hydrolysis) is 1. The Labute approximate surface area is 176 Å². The van der Waals surface area contributed by atoms with Crippen LogP contribution in [0.5, 0.6) is 0 Å². The van der Waals surface area contributed by atoms with Crippen LogP contribution < -0.4 is 15.5 Å². The van der Waals surface area contributed by atoms with Gasteiger partial charge in [-0.05, 0) is 45.7 Å². The second-order valence-corrected chi connectivity index (χ2v) is 8.26. The van der Waals surface area contributed by atoms with Crippen LogP contribution in [-0.4, -0.2) is 53.2 Å². The third kappa shape index (κ3) is 8.10. The molecule has 1 rings (SSSR count). The molecule has 0 saturated heterocycles. The molecule has 0 aliphatic heterocycles. The molecule has 0 heterocycles. The van der Waals surface area contributed by atoms with Gasteiger partial charge in [0.05, 0.1) is 0 Å². The van der Waals surface area contributed by atoms with Crippen molar-refractivity contribution in [1.29, 1.82) is 0 Å². The second-order valence-electron chi connectivity index (χ2n) is 8.26. The van der Waals surface area contributed by atoms with Gasteiger partial charge in [0.25, 0.3) is 0 Å². The number of hydrogen-bond donors (Lipinski definition) is 3. The van der Waals surface area contributed by atoms with E-state index in [9.17, 15) is 19.2 Å². The van der Waals surface area contributed by atoms with E-state index in [0.717, 1.165) is 0 Å². The number of ether oxygens (including phenoxy) is 1. The predicted octanol–water partition coefficient (Wildman–Crippen LogP) is 2.16. The van der Waals surface area contributed by atoms with Crippen molar-refractivity contribution < 1.29 is 29.0 Å². The Morgan fingerprint density at radius 2 is 1.60 bits per heavy atom. The third-order valence-electron chi connectivity index (χ3n) is 3.99. The number of nitrogens with zero attached hydrogens (tertiary/aromatic N) is 1. The van der Waals surface area contributed by atoms with Crippen molar-refractivity contribution in [2.24, 2.45) is 5.92 Å². The molecule has 0 bridgehead atoms. The first kappa shape index (κ1) is 24.9. The summed E-state index contributed by atoms with van der Waals surface area (Å²) in [6.07, 6.45) is -0.744. The standard InChI is InChI=1S/C21H31N3O6/c1-13(2)17(23-20(29)30-21(4,5)6)18(26)24(15-10-8-7-9-11-15)12-16(25)22-14(3)19(27)28/h7-11,13-14,17H,12H2,1-6H3,(H,22,25)(H,23,29)(H,27,28)/t14-,17-/m0/s1. The summed E-state index contributed by atoms with van der Waals surface area (Å²) in [5.74, 6) is -2.63. The maximum absolute atomic E-state index is 13.3. The fraction of sp³-hybridized carbons (Fsp3) is 0.524. The van der Waals surface area contributed by atoms with Crippen LogP contribution in [0, 0.1) is 5.92 Å². The molecule has 0 spiro atoms. The summed E-state index contributed by atoms with van der Waals surface area (Å²) in [7, 11) is 0. The number of nitrogens with one attached hydrogen (secondary N) is 2. The van der Waals surface area contributed by atoms with E-state index >= 15 is 0 Å². The second kappa shape index (κ2) is 10.6. The van der Waals surface area contributed by atoms with E-state index in [2.05, 4.69) is 10.6 Å². The Morgan fingerprint density at radius 1 is 1.03 bits per heavy atom. The van der Waals surface area contributed by atoms with Crippen molar-refractivity contribution in [3.63, 3.8) is 0 Å². The van der Waals surface area contributed by atoms with E-state index in [0.29, 0.717) is 5.69 Å². The highest BCUT2D eigenvalue weighted by atomic mass is 16.6. The van der Waals surface area contributed by atoms with Crippen LogP contribution >= 0.6 is 0 Å². The molecular formula is C21H31N3O6. The van der Waals surface area contributed by atoms with Crippen LogP contribution in [0.3, 0.4) is 0 Å². The molecule has 1 aromatic rings. The summed E-state index contributed by atoms with van der Waals surface area (Å²) < 4.78 is 5.25. The molecule has 0 unspecified atom stereocenters. The van der Waals surface area contributed by atoms with Gasteiger partial charge in [0.2, 0.25) is 11.8 Å². The van der Waals surface area contributed by atoms with Gasteiger partial charge < -0.3 is 25.4 Å². The van der Waals surface area contributed by atoms with E-state index in [1.807, 2.05) is 0 Å². The van der Waals surface area contributed by atoms with Gasteiger partial charge in [-0.25, -0.2) is 4.79 Å². The first-order valence-electron chi connectivity index (χ1n) is 9.70. The quantitative estimate of drug-likeness (QED) is 0.591. The summed E-state index contributed by atoms with van der Waals surface area (Å²) in [6, 6.07) is 6.42. The maximum atomic E-state index is 13.3. The Bertz CT molecular complexity index is 758. The zero-order chi connectivity index (χ0) is 23.1. The van der Waals surface area contributed by atoms with Gasteiger partial charge >= 0.3 is 12.1 Å². The number of hydrogen-bond acceptors (Lipinski definition) is 5. The van der Waals surface area contributed by atoms with Gasteiger partial charge in [0, 0.05) is 5.69 Å². The highest BCUT2D eigenvalue weighted by molar-refractivity contribution is 6.03. The van der Waals surface area contributed by atoms with E-state index in [1.165, 1.54) is 11.8 Å². The van der Waals surface area contributed by atoms with Crippen molar-refractivity contribution in [3.8, 4) is 0 Å². The smallest absolute Gasteiger partial charge is 0.408 e. The number of carbonyl (C=O) groups is 4. The van der Waals surface area contributed by atoms with Crippen molar-refractivity contribution >= 4 is 29.6 Å². The summed E-state index contributed by atoms with van der Waals surface area (Å²) in [5, 5.41) is 13.9. The van der Waals surface area contributed by atoms with Gasteiger partial charge in [-0.1, -0.05) is 32.0 Å². The Morgan fingerprint density at radius 3 is 2.07 bits per heavy atom. The summed E-state index contributed by atoms with van der Waals surface area (Å²) in [4.78, 5) is 50.1. The number of carboxylic acid groups (broad SMARTS) is 1. The molecule has 0 aliphatic rings. The van der Waals surface area contributed by atoms with Crippen LogP contribution in [0.4, 0.5) is 10.5 Å². The first-order chi connectivity index (χ1) is 13.8. The fourth-order valence-corrected chi connectivity index (χ4v) is 2.51. The zero-order valence-corrected chi connectivity index (χ0v) is 18.3. The Kier molecular flexibility index (Phi) is 8.82. The topological polar surface area (TPSA) is 125 Å². The average molecular weight is 421 g/mol. The van der Waals surface area contributed by atoms with Gasteiger partial charge in [0.15, 0.2) is 0 Å². The van der Waals surface area contributed by atoms with Crippen molar-refractivity contribution in [3.05, 3.63) is 30.3 Å². The molecule has 3 N–H and O–H groups in total. The van der Waals surface area contributed by atoms with E-state index in [-0.39, 0.29) is 5.92 Å². The van der Waals surface area contributed by atoms with Crippen LogP contribution in [0.25, 0.3) is 0 Å². The normalized spacial score (nSPS) is 13.2. The Balaban J connectivity index is 3.11. The summed E-state index contributed by atoms with van der Waals surface area (Å²) in [5.41, 5.74) is -0.294. The third-order valence-corrected chi connectivity index (χ3v) is 3.99.